The molecule has 8 heteroatoms. The first-order valence-electron chi connectivity index (χ1n) is 9.85. The van der Waals surface area contributed by atoms with Gasteiger partial charge in [0.1, 0.15) is 5.82 Å². The fourth-order valence-corrected chi connectivity index (χ4v) is 3.88. The third kappa shape index (κ3) is 3.56. The molecule has 1 aliphatic carbocycles. The van der Waals surface area contributed by atoms with Crippen LogP contribution in [0, 0.1) is 11.7 Å². The normalized spacial score (nSPS) is 18.8. The molecular weight excluding hydrogens is 361 g/mol. The van der Waals surface area contributed by atoms with Crippen LogP contribution in [0.1, 0.15) is 43.4 Å². The first-order chi connectivity index (χ1) is 13.7. The van der Waals surface area contributed by atoms with Gasteiger partial charge < -0.3 is 4.42 Å². The van der Waals surface area contributed by atoms with Crippen molar-refractivity contribution in [3.63, 3.8) is 0 Å². The summed E-state index contributed by atoms with van der Waals surface area (Å²) < 4.78 is 20.7. The van der Waals surface area contributed by atoms with E-state index in [0.717, 1.165) is 44.7 Å². The van der Waals surface area contributed by atoms with Gasteiger partial charge in [0.25, 0.3) is 5.56 Å². The molecule has 146 valence electrons. The highest BCUT2D eigenvalue weighted by Gasteiger charge is 2.30. The lowest BCUT2D eigenvalue weighted by molar-refractivity contribution is 0.153. The number of hydrogen-bond acceptors (Lipinski definition) is 6. The van der Waals surface area contributed by atoms with E-state index < -0.39 is 0 Å². The van der Waals surface area contributed by atoms with Crippen molar-refractivity contribution in [2.75, 3.05) is 13.1 Å². The lowest BCUT2D eigenvalue weighted by Gasteiger charge is -2.31. The Labute approximate surface area is 161 Å². The molecule has 0 spiro atoms. The third-order valence-electron chi connectivity index (χ3n) is 5.72. The van der Waals surface area contributed by atoms with Crippen LogP contribution < -0.4 is 5.56 Å². The molecule has 1 saturated carbocycles. The molecule has 5 rings (SSSR count). The van der Waals surface area contributed by atoms with Crippen LogP contribution in [-0.4, -0.2) is 37.7 Å². The Hall–Kier alpha value is -2.61. The van der Waals surface area contributed by atoms with Gasteiger partial charge in [-0.15, -0.1) is 10.2 Å². The fourth-order valence-electron chi connectivity index (χ4n) is 3.88. The zero-order valence-electron chi connectivity index (χ0n) is 15.6. The van der Waals surface area contributed by atoms with Gasteiger partial charge in [-0.05, 0) is 56.8 Å². The topological polar surface area (TPSA) is 77.1 Å². The molecule has 0 N–H and O–H groups in total. The Morgan fingerprint density at radius 2 is 1.96 bits per heavy atom. The second kappa shape index (κ2) is 7.09. The SMILES string of the molecule is O=c1c2ccc(F)cc2ncn1CC1CCN(Cc2nnc(C3CC3)o2)CC1. The van der Waals surface area contributed by atoms with Crippen LogP contribution in [0.4, 0.5) is 4.39 Å². The molecule has 0 unspecified atom stereocenters. The number of rotatable bonds is 5. The number of piperidine rings is 1. The van der Waals surface area contributed by atoms with Crippen LogP contribution in [0.25, 0.3) is 10.9 Å². The molecule has 28 heavy (non-hydrogen) atoms. The van der Waals surface area contributed by atoms with Crippen LogP contribution in [0.5, 0.6) is 0 Å². The van der Waals surface area contributed by atoms with Gasteiger partial charge in [0.2, 0.25) is 11.8 Å². The zero-order valence-corrected chi connectivity index (χ0v) is 15.6. The second-order valence-corrected chi connectivity index (χ2v) is 7.89. The van der Waals surface area contributed by atoms with Crippen molar-refractivity contribution in [1.82, 2.24) is 24.6 Å². The molecule has 2 fully saturated rings. The van der Waals surface area contributed by atoms with Gasteiger partial charge in [0, 0.05) is 18.5 Å². The van der Waals surface area contributed by atoms with Crippen molar-refractivity contribution >= 4 is 10.9 Å². The van der Waals surface area contributed by atoms with E-state index in [9.17, 15) is 9.18 Å². The van der Waals surface area contributed by atoms with E-state index in [2.05, 4.69) is 20.1 Å². The first-order valence-corrected chi connectivity index (χ1v) is 9.85. The van der Waals surface area contributed by atoms with Gasteiger partial charge in [-0.25, -0.2) is 9.37 Å². The molecule has 0 amide bonds. The van der Waals surface area contributed by atoms with E-state index in [4.69, 9.17) is 4.42 Å². The minimum absolute atomic E-state index is 0.106. The minimum Gasteiger partial charge on any atom is -0.424 e. The van der Waals surface area contributed by atoms with Gasteiger partial charge in [0.05, 0.1) is 23.8 Å². The second-order valence-electron chi connectivity index (χ2n) is 7.89. The number of halogens is 1. The maximum atomic E-state index is 13.3. The molecular formula is C20H22FN5O2. The van der Waals surface area contributed by atoms with E-state index in [1.54, 1.807) is 4.57 Å². The third-order valence-corrected chi connectivity index (χ3v) is 5.72. The summed E-state index contributed by atoms with van der Waals surface area (Å²) in [6.07, 6.45) is 5.85. The lowest BCUT2D eigenvalue weighted by atomic mass is 9.96. The molecule has 0 bridgehead atoms. The molecule has 1 aromatic carbocycles. The van der Waals surface area contributed by atoms with Gasteiger partial charge in [-0.2, -0.15) is 0 Å². The largest absolute Gasteiger partial charge is 0.424 e. The monoisotopic (exact) mass is 383 g/mol. The Kier molecular flexibility index (Phi) is 4.43. The molecule has 3 aromatic rings. The Morgan fingerprint density at radius 3 is 2.75 bits per heavy atom. The molecule has 0 radical (unpaired) electrons. The number of likely N-dealkylation sites (tertiary alicyclic amines) is 1. The van der Waals surface area contributed by atoms with E-state index in [-0.39, 0.29) is 11.4 Å². The molecule has 2 aliphatic rings. The summed E-state index contributed by atoms with van der Waals surface area (Å²) in [5.74, 6) is 2.00. The van der Waals surface area contributed by atoms with Crippen molar-refractivity contribution in [1.29, 1.82) is 0 Å². The van der Waals surface area contributed by atoms with Crippen molar-refractivity contribution in [3.05, 3.63) is 52.5 Å². The summed E-state index contributed by atoms with van der Waals surface area (Å²) in [5.41, 5.74) is 0.298. The zero-order chi connectivity index (χ0) is 19.1. The van der Waals surface area contributed by atoms with Gasteiger partial charge in [-0.1, -0.05) is 0 Å². The fraction of sp³-hybridized carbons (Fsp3) is 0.500. The van der Waals surface area contributed by atoms with E-state index >= 15 is 0 Å². The molecule has 1 saturated heterocycles. The maximum absolute atomic E-state index is 13.3. The number of nitrogens with zero attached hydrogens (tertiary/aromatic N) is 5. The average molecular weight is 383 g/mol. The summed E-state index contributed by atoms with van der Waals surface area (Å²) in [4.78, 5) is 19.2. The highest BCUT2D eigenvalue weighted by atomic mass is 19.1. The summed E-state index contributed by atoms with van der Waals surface area (Å²) >= 11 is 0. The Morgan fingerprint density at radius 1 is 1.14 bits per heavy atom. The van der Waals surface area contributed by atoms with Crippen LogP contribution >= 0.6 is 0 Å². The predicted octanol–water partition coefficient (Wildman–Crippen LogP) is 2.71. The van der Waals surface area contributed by atoms with Crippen molar-refractivity contribution in [3.8, 4) is 0 Å². The molecule has 2 aromatic heterocycles. The minimum atomic E-state index is -0.380. The number of hydrogen-bond donors (Lipinski definition) is 0. The summed E-state index contributed by atoms with van der Waals surface area (Å²) in [6, 6.07) is 4.12. The van der Waals surface area contributed by atoms with Gasteiger partial charge in [0.15, 0.2) is 0 Å². The van der Waals surface area contributed by atoms with Crippen molar-refractivity contribution < 1.29 is 8.81 Å². The highest BCUT2D eigenvalue weighted by Crippen LogP contribution is 2.39. The quantitative estimate of drug-likeness (QED) is 0.674. The summed E-state index contributed by atoms with van der Waals surface area (Å²) in [6.45, 7) is 3.20. The molecule has 3 heterocycles. The lowest BCUT2D eigenvalue weighted by Crippen LogP contribution is -2.36. The molecule has 1 aliphatic heterocycles. The molecule has 7 nitrogen and oxygen atoms in total. The van der Waals surface area contributed by atoms with Gasteiger partial charge in [-0.3, -0.25) is 14.3 Å². The number of aromatic nitrogens is 4. The molecule has 0 atom stereocenters. The number of fused-ring (bicyclic) bond motifs is 1. The maximum Gasteiger partial charge on any atom is 0.261 e. The smallest absolute Gasteiger partial charge is 0.261 e. The van der Waals surface area contributed by atoms with Crippen LogP contribution in [0.3, 0.4) is 0 Å². The summed E-state index contributed by atoms with van der Waals surface area (Å²) in [5, 5.41) is 8.77. The first kappa shape index (κ1) is 17.5. The average Bonchev–Trinajstić information content (AvgIpc) is 3.45. The number of benzene rings is 1. The van der Waals surface area contributed by atoms with Gasteiger partial charge >= 0.3 is 0 Å². The van der Waals surface area contributed by atoms with E-state index in [0.29, 0.717) is 41.7 Å². The van der Waals surface area contributed by atoms with Crippen LogP contribution in [-0.2, 0) is 13.1 Å². The standard InChI is InChI=1S/C20H22FN5O2/c21-15-3-4-16-17(9-15)22-12-26(20(16)27)10-13-5-7-25(8-6-13)11-18-23-24-19(28-18)14-1-2-14/h3-4,9,12-14H,1-2,5-8,10-11H2. The predicted molar refractivity (Wildman–Crippen MR) is 100 cm³/mol. The van der Waals surface area contributed by atoms with E-state index in [1.807, 2.05) is 0 Å². The van der Waals surface area contributed by atoms with Crippen molar-refractivity contribution in [2.24, 2.45) is 5.92 Å². The van der Waals surface area contributed by atoms with E-state index in [1.165, 1.54) is 24.5 Å². The highest BCUT2D eigenvalue weighted by molar-refractivity contribution is 5.77. The van der Waals surface area contributed by atoms with Crippen LogP contribution in [0.2, 0.25) is 0 Å². The van der Waals surface area contributed by atoms with Crippen LogP contribution in [0.15, 0.2) is 33.7 Å². The Bertz CT molecular complexity index is 1050. The Balaban J connectivity index is 1.20. The summed E-state index contributed by atoms with van der Waals surface area (Å²) in [7, 11) is 0. The van der Waals surface area contributed by atoms with Crippen molar-refractivity contribution in [2.45, 2.75) is 44.7 Å².